The van der Waals surface area contributed by atoms with E-state index in [0.29, 0.717) is 12.2 Å². The number of methoxy groups -OCH3 is 1. The molecule has 2 heterocycles. The second-order valence-corrected chi connectivity index (χ2v) is 5.67. The summed E-state index contributed by atoms with van der Waals surface area (Å²) < 4.78 is 38.8. The van der Waals surface area contributed by atoms with Gasteiger partial charge in [0.25, 0.3) is 5.91 Å². The molecule has 0 radical (unpaired) electrons. The summed E-state index contributed by atoms with van der Waals surface area (Å²) >= 11 is 0. The zero-order chi connectivity index (χ0) is 18.1. The molecule has 1 aliphatic heterocycles. The van der Waals surface area contributed by atoms with Gasteiger partial charge in [0.1, 0.15) is 23.2 Å². The van der Waals surface area contributed by atoms with E-state index in [-0.39, 0.29) is 24.1 Å². The van der Waals surface area contributed by atoms with Gasteiger partial charge in [0.15, 0.2) is 5.82 Å². The minimum Gasteiger partial charge on any atom is -0.380 e. The van der Waals surface area contributed by atoms with Crippen molar-refractivity contribution in [1.82, 2.24) is 15.0 Å². The van der Waals surface area contributed by atoms with Crippen LogP contribution in [0.1, 0.15) is 40.1 Å². The minimum atomic E-state index is -1.09. The third-order valence-corrected chi connectivity index (χ3v) is 4.07. The Morgan fingerprint density at radius 2 is 2.12 bits per heavy atom. The van der Waals surface area contributed by atoms with Crippen LogP contribution in [0.5, 0.6) is 0 Å². The van der Waals surface area contributed by atoms with Crippen LogP contribution in [0.3, 0.4) is 0 Å². The first-order valence-corrected chi connectivity index (χ1v) is 7.47. The molecule has 7 nitrogen and oxygen atoms in total. The van der Waals surface area contributed by atoms with Crippen molar-refractivity contribution >= 4 is 5.91 Å². The average molecular weight is 348 g/mol. The molecule has 9 heteroatoms. The number of amides is 1. The van der Waals surface area contributed by atoms with Crippen molar-refractivity contribution in [2.45, 2.75) is 25.5 Å². The summed E-state index contributed by atoms with van der Waals surface area (Å²) in [7, 11) is 1.48. The number of benzene rings is 1. The lowest BCUT2D eigenvalue weighted by Crippen LogP contribution is -2.33. The van der Waals surface area contributed by atoms with Gasteiger partial charge in [-0.3, -0.25) is 4.79 Å². The molecule has 1 fully saturated rings. The summed E-state index contributed by atoms with van der Waals surface area (Å²) in [6, 6.07) is 2.65. The van der Waals surface area contributed by atoms with Crippen LogP contribution < -0.4 is 0 Å². The Hall–Kier alpha value is -2.86. The fourth-order valence-corrected chi connectivity index (χ4v) is 2.86. The molecule has 0 bridgehead atoms. The Balaban J connectivity index is 1.98. The van der Waals surface area contributed by atoms with Crippen LogP contribution in [0.25, 0.3) is 0 Å². The molecule has 0 aliphatic carbocycles. The van der Waals surface area contributed by atoms with Crippen molar-refractivity contribution in [3.8, 4) is 6.07 Å². The number of hydrogen-bond acceptors (Lipinski definition) is 6. The highest BCUT2D eigenvalue weighted by atomic mass is 19.1. The lowest BCUT2D eigenvalue weighted by Gasteiger charge is -2.22. The monoisotopic (exact) mass is 348 g/mol. The largest absolute Gasteiger partial charge is 0.380 e. The van der Waals surface area contributed by atoms with Crippen molar-refractivity contribution in [3.05, 3.63) is 46.6 Å². The molecular formula is C16H14F2N4O3. The Labute approximate surface area is 141 Å². The van der Waals surface area contributed by atoms with Gasteiger partial charge in [0.2, 0.25) is 5.89 Å². The number of aryl methyl sites for hydroxylation is 1. The van der Waals surface area contributed by atoms with Gasteiger partial charge in [-0.15, -0.1) is 0 Å². The molecule has 1 amide bonds. The molecule has 0 saturated carbocycles. The number of aromatic nitrogens is 2. The first-order valence-electron chi connectivity index (χ1n) is 7.47. The van der Waals surface area contributed by atoms with Crippen molar-refractivity contribution < 1.29 is 22.8 Å². The third-order valence-electron chi connectivity index (χ3n) is 4.07. The molecule has 1 aromatic heterocycles. The lowest BCUT2D eigenvalue weighted by atomic mass is 10.1. The number of ether oxygens (including phenoxy) is 1. The first-order chi connectivity index (χ1) is 11.9. The van der Waals surface area contributed by atoms with Gasteiger partial charge in [0.05, 0.1) is 17.7 Å². The van der Waals surface area contributed by atoms with Crippen molar-refractivity contribution in [2.24, 2.45) is 0 Å². The second kappa shape index (κ2) is 6.57. The fourth-order valence-electron chi connectivity index (χ4n) is 2.86. The summed E-state index contributed by atoms with van der Waals surface area (Å²) in [6.07, 6.45) is 0.0364. The van der Waals surface area contributed by atoms with Crippen LogP contribution in [0.15, 0.2) is 16.7 Å². The SMILES string of the molecule is CO[C@@H]1C[C@H](c2nc(C)no2)N(C(=O)c2c(F)cc(C#N)cc2F)C1. The molecule has 130 valence electrons. The van der Waals surface area contributed by atoms with Crippen LogP contribution in [0, 0.1) is 29.9 Å². The number of halogens is 2. The summed E-state index contributed by atoms with van der Waals surface area (Å²) in [5.41, 5.74) is -0.927. The molecule has 1 aromatic carbocycles. The van der Waals surface area contributed by atoms with Gasteiger partial charge in [-0.25, -0.2) is 8.78 Å². The van der Waals surface area contributed by atoms with Gasteiger partial charge >= 0.3 is 0 Å². The lowest BCUT2D eigenvalue weighted by molar-refractivity contribution is 0.0661. The summed E-state index contributed by atoms with van der Waals surface area (Å²) in [5.74, 6) is -2.48. The fraction of sp³-hybridized carbons (Fsp3) is 0.375. The number of nitriles is 1. The predicted molar refractivity (Wildman–Crippen MR) is 79.3 cm³/mol. The molecule has 1 saturated heterocycles. The minimum absolute atomic E-state index is 0.125. The highest BCUT2D eigenvalue weighted by molar-refractivity contribution is 5.95. The van der Waals surface area contributed by atoms with E-state index in [1.54, 1.807) is 13.0 Å². The van der Waals surface area contributed by atoms with E-state index < -0.39 is 29.1 Å². The van der Waals surface area contributed by atoms with Crippen molar-refractivity contribution in [3.63, 3.8) is 0 Å². The van der Waals surface area contributed by atoms with E-state index >= 15 is 0 Å². The van der Waals surface area contributed by atoms with Crippen molar-refractivity contribution in [1.29, 1.82) is 5.26 Å². The number of hydrogen-bond donors (Lipinski definition) is 0. The van der Waals surface area contributed by atoms with E-state index in [4.69, 9.17) is 14.5 Å². The molecular weight excluding hydrogens is 334 g/mol. The molecule has 2 atom stereocenters. The second-order valence-electron chi connectivity index (χ2n) is 5.67. The molecule has 0 N–H and O–H groups in total. The molecule has 1 aliphatic rings. The van der Waals surface area contributed by atoms with Gasteiger partial charge in [-0.2, -0.15) is 10.2 Å². The maximum atomic E-state index is 14.2. The van der Waals surface area contributed by atoms with E-state index in [1.165, 1.54) is 12.0 Å². The number of nitrogens with zero attached hydrogens (tertiary/aromatic N) is 4. The highest BCUT2D eigenvalue weighted by Crippen LogP contribution is 2.34. The Bertz CT molecular complexity index is 838. The summed E-state index contributed by atoms with van der Waals surface area (Å²) in [6.45, 7) is 1.75. The zero-order valence-electron chi connectivity index (χ0n) is 13.5. The van der Waals surface area contributed by atoms with Crippen LogP contribution in [-0.2, 0) is 4.74 Å². The first kappa shape index (κ1) is 17.0. The van der Waals surface area contributed by atoms with Gasteiger partial charge in [-0.05, 0) is 19.1 Å². The molecule has 0 unspecified atom stereocenters. The van der Waals surface area contributed by atoms with Crippen LogP contribution in [-0.4, -0.2) is 40.7 Å². The van der Waals surface area contributed by atoms with Gasteiger partial charge < -0.3 is 14.2 Å². The van der Waals surface area contributed by atoms with Gasteiger partial charge in [0, 0.05) is 20.1 Å². The van der Waals surface area contributed by atoms with Gasteiger partial charge in [-0.1, -0.05) is 5.16 Å². The molecule has 25 heavy (non-hydrogen) atoms. The quantitative estimate of drug-likeness (QED) is 0.844. The molecule has 3 rings (SSSR count). The standard InChI is InChI=1S/C16H14F2N4O3/c1-8-20-15(25-21-8)13-5-10(24-2)7-22(13)16(23)14-11(17)3-9(6-19)4-12(14)18/h3-4,10,13H,5,7H2,1-2H3/t10-,13-/m1/s1. The van der Waals surface area contributed by atoms with E-state index in [2.05, 4.69) is 10.1 Å². The number of carbonyl (C=O) groups excluding carboxylic acids is 1. The number of rotatable bonds is 3. The average Bonchev–Trinajstić information content (AvgIpc) is 3.19. The molecule has 2 aromatic rings. The number of likely N-dealkylation sites (tertiary alicyclic amines) is 1. The Kier molecular flexibility index (Phi) is 4.46. The Morgan fingerprint density at radius 1 is 1.44 bits per heavy atom. The third kappa shape index (κ3) is 3.08. The maximum absolute atomic E-state index is 14.2. The van der Waals surface area contributed by atoms with Crippen LogP contribution >= 0.6 is 0 Å². The van der Waals surface area contributed by atoms with Crippen LogP contribution in [0.4, 0.5) is 8.78 Å². The highest BCUT2D eigenvalue weighted by Gasteiger charge is 2.41. The normalized spacial score (nSPS) is 19.9. The maximum Gasteiger partial charge on any atom is 0.260 e. The Morgan fingerprint density at radius 3 is 2.64 bits per heavy atom. The van der Waals surface area contributed by atoms with E-state index in [1.807, 2.05) is 0 Å². The topological polar surface area (TPSA) is 92.2 Å². The van der Waals surface area contributed by atoms with E-state index in [9.17, 15) is 13.6 Å². The van der Waals surface area contributed by atoms with Crippen LogP contribution in [0.2, 0.25) is 0 Å². The zero-order valence-corrected chi connectivity index (χ0v) is 13.5. The van der Waals surface area contributed by atoms with E-state index in [0.717, 1.165) is 12.1 Å². The predicted octanol–water partition coefficient (Wildman–Crippen LogP) is 2.13. The smallest absolute Gasteiger partial charge is 0.260 e. The summed E-state index contributed by atoms with van der Waals surface area (Å²) in [5, 5.41) is 12.5. The molecule has 0 spiro atoms. The number of carbonyl (C=O) groups is 1. The summed E-state index contributed by atoms with van der Waals surface area (Å²) in [4.78, 5) is 18.1. The van der Waals surface area contributed by atoms with Crippen molar-refractivity contribution in [2.75, 3.05) is 13.7 Å².